The number of hydrogen-bond donors (Lipinski definition) is 1. The first-order valence-electron chi connectivity index (χ1n) is 6.32. The Labute approximate surface area is 113 Å². The normalized spacial score (nSPS) is 13.1. The lowest BCUT2D eigenvalue weighted by atomic mass is 10.1. The number of benzene rings is 1. The summed E-state index contributed by atoms with van der Waals surface area (Å²) >= 11 is 1.90. The molecule has 0 bridgehead atoms. The van der Waals surface area contributed by atoms with Crippen molar-refractivity contribution < 1.29 is 0 Å². The number of aryl methyl sites for hydroxylation is 1. The van der Waals surface area contributed by atoms with E-state index < -0.39 is 0 Å². The summed E-state index contributed by atoms with van der Waals surface area (Å²) in [4.78, 5) is 4.72. The fraction of sp³-hybridized carbons (Fsp3) is 0.500. The lowest BCUT2D eigenvalue weighted by Gasteiger charge is -2.15. The maximum atomic E-state index is 4.72. The third-order valence-electron chi connectivity index (χ3n) is 3.39. The second kappa shape index (κ2) is 6.25. The predicted octanol–water partition coefficient (Wildman–Crippen LogP) is 2.46. The molecule has 1 aromatic heterocycles. The van der Waals surface area contributed by atoms with Crippen LogP contribution >= 0.6 is 11.8 Å². The Morgan fingerprint density at radius 3 is 2.83 bits per heavy atom. The number of aromatic nitrogens is 2. The van der Waals surface area contributed by atoms with E-state index in [2.05, 4.69) is 41.4 Å². The molecule has 18 heavy (non-hydrogen) atoms. The minimum atomic E-state index is 0.507. The van der Waals surface area contributed by atoms with Crippen molar-refractivity contribution in [2.24, 2.45) is 7.05 Å². The number of nitrogens with zero attached hydrogens (tertiary/aromatic N) is 2. The monoisotopic (exact) mass is 263 g/mol. The molecule has 1 N–H and O–H groups in total. The standard InChI is InChI=1S/C14H21N3S/c1-15-11(8-9-18-3)10-14-16-12-6-4-5-7-13(12)17(14)2/h4-7,11,15H,8-10H2,1-3H3. The third-order valence-corrected chi connectivity index (χ3v) is 4.03. The second-order valence-corrected chi connectivity index (χ2v) is 5.53. The van der Waals surface area contributed by atoms with Gasteiger partial charge >= 0.3 is 0 Å². The lowest BCUT2D eigenvalue weighted by molar-refractivity contribution is 0.527. The van der Waals surface area contributed by atoms with Gasteiger partial charge in [0.15, 0.2) is 0 Å². The molecule has 0 saturated heterocycles. The van der Waals surface area contributed by atoms with Crippen LogP contribution in [-0.2, 0) is 13.5 Å². The van der Waals surface area contributed by atoms with Crippen LogP contribution in [0.3, 0.4) is 0 Å². The smallest absolute Gasteiger partial charge is 0.111 e. The number of para-hydroxylation sites is 2. The summed E-state index contributed by atoms with van der Waals surface area (Å²) in [6.07, 6.45) is 4.32. The van der Waals surface area contributed by atoms with Gasteiger partial charge in [-0.15, -0.1) is 0 Å². The van der Waals surface area contributed by atoms with Gasteiger partial charge in [-0.05, 0) is 37.6 Å². The number of thioether (sulfide) groups is 1. The highest BCUT2D eigenvalue weighted by molar-refractivity contribution is 7.98. The SMILES string of the molecule is CNC(CCSC)Cc1nc2ccccc2n1C. The first kappa shape index (κ1) is 13.4. The van der Waals surface area contributed by atoms with Gasteiger partial charge in [0.25, 0.3) is 0 Å². The molecule has 2 aromatic rings. The van der Waals surface area contributed by atoms with Gasteiger partial charge in [-0.3, -0.25) is 0 Å². The molecule has 1 aromatic carbocycles. The maximum absolute atomic E-state index is 4.72. The molecule has 0 fully saturated rings. The molecule has 0 aliphatic carbocycles. The van der Waals surface area contributed by atoms with E-state index in [4.69, 9.17) is 4.98 Å². The zero-order valence-electron chi connectivity index (χ0n) is 11.3. The van der Waals surface area contributed by atoms with Gasteiger partial charge in [-0.25, -0.2) is 4.98 Å². The molecule has 0 aliphatic heterocycles. The van der Waals surface area contributed by atoms with Crippen LogP contribution in [0.4, 0.5) is 0 Å². The van der Waals surface area contributed by atoms with Crippen LogP contribution in [0.5, 0.6) is 0 Å². The van der Waals surface area contributed by atoms with Crippen LogP contribution in [0.1, 0.15) is 12.2 Å². The molecule has 0 amide bonds. The van der Waals surface area contributed by atoms with E-state index in [0.717, 1.165) is 17.8 Å². The highest BCUT2D eigenvalue weighted by Crippen LogP contribution is 2.16. The highest BCUT2D eigenvalue weighted by atomic mass is 32.2. The van der Waals surface area contributed by atoms with Gasteiger partial charge < -0.3 is 9.88 Å². The van der Waals surface area contributed by atoms with Crippen LogP contribution < -0.4 is 5.32 Å². The van der Waals surface area contributed by atoms with Crippen molar-refractivity contribution in [3.05, 3.63) is 30.1 Å². The predicted molar refractivity (Wildman–Crippen MR) is 80.3 cm³/mol. The molecule has 2 rings (SSSR count). The van der Waals surface area contributed by atoms with Crippen molar-refractivity contribution in [1.29, 1.82) is 0 Å². The molecule has 0 aliphatic rings. The fourth-order valence-electron chi connectivity index (χ4n) is 2.21. The molecule has 98 valence electrons. The molecule has 3 nitrogen and oxygen atoms in total. The number of hydrogen-bond acceptors (Lipinski definition) is 3. The van der Waals surface area contributed by atoms with E-state index in [-0.39, 0.29) is 0 Å². The van der Waals surface area contributed by atoms with Gasteiger partial charge in [-0.2, -0.15) is 11.8 Å². The largest absolute Gasteiger partial charge is 0.331 e. The number of fused-ring (bicyclic) bond motifs is 1. The number of nitrogens with one attached hydrogen (secondary N) is 1. The maximum Gasteiger partial charge on any atom is 0.111 e. The van der Waals surface area contributed by atoms with Crippen LogP contribution in [0.15, 0.2) is 24.3 Å². The zero-order valence-corrected chi connectivity index (χ0v) is 12.1. The van der Waals surface area contributed by atoms with Gasteiger partial charge in [0, 0.05) is 19.5 Å². The van der Waals surface area contributed by atoms with Gasteiger partial charge in [-0.1, -0.05) is 12.1 Å². The minimum absolute atomic E-state index is 0.507. The van der Waals surface area contributed by atoms with E-state index in [1.807, 2.05) is 24.9 Å². The topological polar surface area (TPSA) is 29.9 Å². The summed E-state index contributed by atoms with van der Waals surface area (Å²) in [6.45, 7) is 0. The zero-order chi connectivity index (χ0) is 13.0. The summed E-state index contributed by atoms with van der Waals surface area (Å²) in [5.41, 5.74) is 2.31. The molecule has 1 atom stereocenters. The van der Waals surface area contributed by atoms with E-state index in [9.17, 15) is 0 Å². The summed E-state index contributed by atoms with van der Waals surface area (Å²) in [5.74, 6) is 2.35. The van der Waals surface area contributed by atoms with Crippen molar-refractivity contribution in [2.45, 2.75) is 18.9 Å². The highest BCUT2D eigenvalue weighted by Gasteiger charge is 2.12. The van der Waals surface area contributed by atoms with Crippen molar-refractivity contribution in [1.82, 2.24) is 14.9 Å². The van der Waals surface area contributed by atoms with Crippen LogP contribution in [-0.4, -0.2) is 34.6 Å². The Morgan fingerprint density at radius 2 is 2.17 bits per heavy atom. The Balaban J connectivity index is 2.17. The summed E-state index contributed by atoms with van der Waals surface area (Å²) in [7, 11) is 4.14. The first-order chi connectivity index (χ1) is 8.76. The molecular weight excluding hydrogens is 242 g/mol. The third kappa shape index (κ3) is 2.87. The molecule has 1 heterocycles. The van der Waals surface area contributed by atoms with Crippen molar-refractivity contribution in [3.8, 4) is 0 Å². The van der Waals surface area contributed by atoms with Crippen LogP contribution in [0, 0.1) is 0 Å². The van der Waals surface area contributed by atoms with Crippen LogP contribution in [0.25, 0.3) is 11.0 Å². The van der Waals surface area contributed by atoms with E-state index in [1.54, 1.807) is 0 Å². The van der Waals surface area contributed by atoms with Crippen molar-refractivity contribution in [3.63, 3.8) is 0 Å². The number of imidazole rings is 1. The fourth-order valence-corrected chi connectivity index (χ4v) is 2.73. The van der Waals surface area contributed by atoms with E-state index >= 15 is 0 Å². The lowest BCUT2D eigenvalue weighted by Crippen LogP contribution is -2.29. The Hall–Kier alpha value is -1.00. The molecule has 0 radical (unpaired) electrons. The molecular formula is C14H21N3S. The van der Waals surface area contributed by atoms with Gasteiger partial charge in [0.05, 0.1) is 11.0 Å². The van der Waals surface area contributed by atoms with E-state index in [1.165, 1.54) is 17.7 Å². The molecule has 4 heteroatoms. The Kier molecular flexibility index (Phi) is 4.66. The minimum Gasteiger partial charge on any atom is -0.331 e. The van der Waals surface area contributed by atoms with Crippen molar-refractivity contribution in [2.75, 3.05) is 19.1 Å². The molecule has 1 unspecified atom stereocenters. The number of likely N-dealkylation sites (N-methyl/N-ethyl adjacent to an activating group) is 1. The first-order valence-corrected chi connectivity index (χ1v) is 7.72. The van der Waals surface area contributed by atoms with Gasteiger partial charge in [0.2, 0.25) is 0 Å². The summed E-state index contributed by atoms with van der Waals surface area (Å²) in [5, 5.41) is 3.39. The summed E-state index contributed by atoms with van der Waals surface area (Å²) < 4.78 is 2.21. The second-order valence-electron chi connectivity index (χ2n) is 4.55. The Bertz CT molecular complexity index is 507. The van der Waals surface area contributed by atoms with E-state index in [0.29, 0.717) is 6.04 Å². The average Bonchev–Trinajstić information content (AvgIpc) is 2.72. The van der Waals surface area contributed by atoms with Crippen molar-refractivity contribution >= 4 is 22.8 Å². The molecule has 0 spiro atoms. The Morgan fingerprint density at radius 1 is 1.39 bits per heavy atom. The quantitative estimate of drug-likeness (QED) is 0.868. The van der Waals surface area contributed by atoms with Gasteiger partial charge in [0.1, 0.15) is 5.82 Å². The van der Waals surface area contributed by atoms with Crippen LogP contribution in [0.2, 0.25) is 0 Å². The number of rotatable bonds is 6. The summed E-state index contributed by atoms with van der Waals surface area (Å²) in [6, 6.07) is 8.82. The molecule has 0 saturated carbocycles. The average molecular weight is 263 g/mol.